The predicted octanol–water partition coefficient (Wildman–Crippen LogP) is 2.63. The molecule has 2 aromatic carbocycles. The van der Waals surface area contributed by atoms with E-state index in [0.717, 1.165) is 17.0 Å². The Morgan fingerprint density at radius 1 is 1.16 bits per heavy atom. The van der Waals surface area contributed by atoms with Gasteiger partial charge in [0.25, 0.3) is 5.91 Å². The lowest BCUT2D eigenvalue weighted by atomic mass is 10.2. The van der Waals surface area contributed by atoms with Crippen LogP contribution in [0, 0.1) is 6.92 Å². The zero-order valence-electron chi connectivity index (χ0n) is 14.3. The van der Waals surface area contributed by atoms with Gasteiger partial charge in [0.2, 0.25) is 0 Å². The number of hydrogen-bond donors (Lipinski definition) is 1. The Bertz CT molecular complexity index is 932. The van der Waals surface area contributed by atoms with E-state index in [-0.39, 0.29) is 5.91 Å². The molecule has 128 valence electrons. The number of fused-ring (bicyclic) bond motifs is 1. The summed E-state index contributed by atoms with van der Waals surface area (Å²) in [5.74, 6) is -0.0750. The summed E-state index contributed by atoms with van der Waals surface area (Å²) in [6, 6.07) is 15.1. The monoisotopic (exact) mass is 337 g/mol. The molecule has 1 atom stereocenters. The number of aryl methyl sites for hydroxylation is 1. The van der Waals surface area contributed by atoms with Crippen LogP contribution in [-0.2, 0) is 9.53 Å². The molecule has 0 spiro atoms. The Balaban J connectivity index is 1.94. The van der Waals surface area contributed by atoms with Gasteiger partial charge in [0.1, 0.15) is 5.82 Å². The molecular weight excluding hydrogens is 318 g/mol. The van der Waals surface area contributed by atoms with Gasteiger partial charge in [-0.05, 0) is 44.2 Å². The molecule has 0 fully saturated rings. The highest BCUT2D eigenvalue weighted by Gasteiger charge is 2.19. The molecule has 0 radical (unpaired) electrons. The summed E-state index contributed by atoms with van der Waals surface area (Å²) in [7, 11) is 1.50. The van der Waals surface area contributed by atoms with Crippen LogP contribution in [0.4, 0.5) is 0 Å². The van der Waals surface area contributed by atoms with Gasteiger partial charge in [-0.3, -0.25) is 9.36 Å². The van der Waals surface area contributed by atoms with Crippen molar-refractivity contribution in [1.82, 2.24) is 14.9 Å². The van der Waals surface area contributed by atoms with Crippen LogP contribution in [0.15, 0.2) is 48.5 Å². The summed E-state index contributed by atoms with van der Waals surface area (Å²) in [6.45, 7) is 3.45. The molecule has 3 aromatic rings. The minimum Gasteiger partial charge on any atom is -0.449 e. The average molecular weight is 337 g/mol. The van der Waals surface area contributed by atoms with E-state index in [1.165, 1.54) is 14.0 Å². The van der Waals surface area contributed by atoms with Crippen LogP contribution in [0.2, 0.25) is 0 Å². The Kier molecular flexibility index (Phi) is 4.52. The van der Waals surface area contributed by atoms with Crippen LogP contribution in [0.1, 0.15) is 23.1 Å². The van der Waals surface area contributed by atoms with Crippen molar-refractivity contribution in [1.29, 1.82) is 0 Å². The highest BCUT2D eigenvalue weighted by molar-refractivity contribution is 5.95. The van der Waals surface area contributed by atoms with Crippen molar-refractivity contribution in [2.45, 2.75) is 20.0 Å². The second kappa shape index (κ2) is 6.76. The largest absolute Gasteiger partial charge is 0.449 e. The Morgan fingerprint density at radius 2 is 1.88 bits per heavy atom. The number of carbonyl (C=O) groups excluding carboxylic acids is 2. The molecule has 1 amide bonds. The molecule has 25 heavy (non-hydrogen) atoms. The molecule has 0 saturated heterocycles. The van der Waals surface area contributed by atoms with Crippen molar-refractivity contribution in [3.05, 3.63) is 59.9 Å². The minimum atomic E-state index is -0.850. The highest BCUT2D eigenvalue weighted by Crippen LogP contribution is 2.22. The number of imidazole rings is 1. The van der Waals surface area contributed by atoms with Crippen molar-refractivity contribution < 1.29 is 14.3 Å². The van der Waals surface area contributed by atoms with Crippen LogP contribution in [0.3, 0.4) is 0 Å². The third-order valence-corrected chi connectivity index (χ3v) is 3.97. The zero-order chi connectivity index (χ0) is 18.0. The number of ether oxygens (including phenoxy) is 1. The molecule has 0 bridgehead atoms. The van der Waals surface area contributed by atoms with Crippen molar-refractivity contribution in [2.75, 3.05) is 7.05 Å². The average Bonchev–Trinajstić information content (AvgIpc) is 2.96. The first-order chi connectivity index (χ1) is 12.0. The van der Waals surface area contributed by atoms with Crippen molar-refractivity contribution >= 4 is 22.9 Å². The van der Waals surface area contributed by atoms with Gasteiger partial charge in [-0.1, -0.05) is 18.2 Å². The van der Waals surface area contributed by atoms with Crippen LogP contribution in [-0.4, -0.2) is 34.6 Å². The maximum Gasteiger partial charge on any atom is 0.338 e. The van der Waals surface area contributed by atoms with Crippen LogP contribution < -0.4 is 5.32 Å². The number of esters is 1. The Hall–Kier alpha value is -3.15. The predicted molar refractivity (Wildman–Crippen MR) is 94.8 cm³/mol. The van der Waals surface area contributed by atoms with Gasteiger partial charge in [0.05, 0.1) is 16.6 Å². The lowest BCUT2D eigenvalue weighted by Crippen LogP contribution is -2.33. The fraction of sp³-hybridized carbons (Fsp3) is 0.211. The molecule has 0 aliphatic rings. The Labute approximate surface area is 145 Å². The number of benzene rings is 2. The second-order valence-electron chi connectivity index (χ2n) is 5.70. The molecule has 6 heteroatoms. The molecule has 1 N–H and O–H groups in total. The van der Waals surface area contributed by atoms with Crippen molar-refractivity contribution in [3.63, 3.8) is 0 Å². The van der Waals surface area contributed by atoms with Gasteiger partial charge in [-0.2, -0.15) is 0 Å². The smallest absolute Gasteiger partial charge is 0.338 e. The quantitative estimate of drug-likeness (QED) is 0.743. The van der Waals surface area contributed by atoms with E-state index in [0.29, 0.717) is 11.1 Å². The van der Waals surface area contributed by atoms with E-state index < -0.39 is 12.1 Å². The number of aromatic nitrogens is 2. The van der Waals surface area contributed by atoms with Gasteiger partial charge >= 0.3 is 5.97 Å². The molecule has 1 heterocycles. The SMILES string of the molecule is CNC(=O)C(C)OC(=O)c1ccc2c(c1)nc(C)n2-c1ccccc1. The minimum absolute atomic E-state index is 0.348. The number of rotatable bonds is 4. The van der Waals surface area contributed by atoms with E-state index in [1.807, 2.05) is 47.9 Å². The maximum absolute atomic E-state index is 12.2. The summed E-state index contributed by atoms with van der Waals surface area (Å²) < 4.78 is 7.20. The van der Waals surface area contributed by atoms with E-state index in [4.69, 9.17) is 4.74 Å². The maximum atomic E-state index is 12.2. The van der Waals surface area contributed by atoms with E-state index in [2.05, 4.69) is 10.3 Å². The molecule has 1 unspecified atom stereocenters. The van der Waals surface area contributed by atoms with E-state index in [1.54, 1.807) is 12.1 Å². The third kappa shape index (κ3) is 3.24. The van der Waals surface area contributed by atoms with Crippen LogP contribution in [0.25, 0.3) is 16.7 Å². The fourth-order valence-electron chi connectivity index (χ4n) is 2.72. The Morgan fingerprint density at radius 3 is 2.56 bits per heavy atom. The van der Waals surface area contributed by atoms with E-state index in [9.17, 15) is 9.59 Å². The first kappa shape index (κ1) is 16.7. The van der Waals surface area contributed by atoms with Gasteiger partial charge < -0.3 is 10.1 Å². The summed E-state index contributed by atoms with van der Waals surface area (Å²) in [5, 5.41) is 2.45. The zero-order valence-corrected chi connectivity index (χ0v) is 14.3. The van der Waals surface area contributed by atoms with E-state index >= 15 is 0 Å². The third-order valence-electron chi connectivity index (χ3n) is 3.97. The number of nitrogens with zero attached hydrogens (tertiary/aromatic N) is 2. The van der Waals surface area contributed by atoms with Crippen LogP contribution >= 0.6 is 0 Å². The molecule has 6 nitrogen and oxygen atoms in total. The first-order valence-electron chi connectivity index (χ1n) is 7.98. The normalized spacial score (nSPS) is 12.0. The molecule has 0 aliphatic heterocycles. The lowest BCUT2D eigenvalue weighted by molar-refractivity contribution is -0.128. The number of carbonyl (C=O) groups is 2. The van der Waals surface area contributed by atoms with Crippen LogP contribution in [0.5, 0.6) is 0 Å². The number of likely N-dealkylation sites (N-methyl/N-ethyl adjacent to an activating group) is 1. The number of hydrogen-bond acceptors (Lipinski definition) is 4. The van der Waals surface area contributed by atoms with Crippen molar-refractivity contribution in [3.8, 4) is 5.69 Å². The number of para-hydroxylation sites is 1. The molecule has 3 rings (SSSR count). The summed E-state index contributed by atoms with van der Waals surface area (Å²) in [4.78, 5) is 28.3. The first-order valence-corrected chi connectivity index (χ1v) is 7.98. The topological polar surface area (TPSA) is 73.2 Å². The number of nitrogens with one attached hydrogen (secondary N) is 1. The molecular formula is C19H19N3O3. The summed E-state index contributed by atoms with van der Waals surface area (Å²) >= 11 is 0. The fourth-order valence-corrected chi connectivity index (χ4v) is 2.72. The van der Waals surface area contributed by atoms with Gasteiger partial charge in [0.15, 0.2) is 6.10 Å². The number of amides is 1. The molecule has 0 aliphatic carbocycles. The molecule has 1 aromatic heterocycles. The van der Waals surface area contributed by atoms with Gasteiger partial charge in [-0.15, -0.1) is 0 Å². The summed E-state index contributed by atoms with van der Waals surface area (Å²) in [5.41, 5.74) is 2.97. The van der Waals surface area contributed by atoms with Gasteiger partial charge in [0, 0.05) is 12.7 Å². The van der Waals surface area contributed by atoms with Gasteiger partial charge in [-0.25, -0.2) is 9.78 Å². The summed E-state index contributed by atoms with van der Waals surface area (Å²) in [6.07, 6.45) is -0.850. The van der Waals surface area contributed by atoms with Crippen molar-refractivity contribution in [2.24, 2.45) is 0 Å². The second-order valence-corrected chi connectivity index (χ2v) is 5.70. The molecule has 0 saturated carbocycles. The highest BCUT2D eigenvalue weighted by atomic mass is 16.5. The lowest BCUT2D eigenvalue weighted by Gasteiger charge is -2.11. The standard InChI is InChI=1S/C19H19N3O3/c1-12(18(23)20-3)25-19(24)14-9-10-17-16(11-14)21-13(2)22(17)15-7-5-4-6-8-15/h4-12H,1-3H3,(H,20,23).